The van der Waals surface area contributed by atoms with Gasteiger partial charge in [0.25, 0.3) is 35.9 Å². The Morgan fingerprint density at radius 1 is 1.25 bits per heavy atom. The second-order valence-electron chi connectivity index (χ2n) is 7.02. The molecule has 0 bridgehead atoms. The molecule has 4 aliphatic heterocycles. The van der Waals surface area contributed by atoms with Crippen molar-refractivity contribution in [1.82, 2.24) is 19.6 Å². The summed E-state index contributed by atoms with van der Waals surface area (Å²) in [5.74, 6) is -0.831. The Morgan fingerprint density at radius 2 is 2.00 bits per heavy atom. The molecule has 0 aromatic carbocycles. The monoisotopic (exact) mass is 391 g/mol. The zero-order valence-electron chi connectivity index (χ0n) is 15.4. The maximum atomic E-state index is 12.7. The molecule has 4 rings (SSSR count). The van der Waals surface area contributed by atoms with E-state index in [-0.39, 0.29) is 31.4 Å². The van der Waals surface area contributed by atoms with Crippen LogP contribution in [0.3, 0.4) is 0 Å². The first-order valence-electron chi connectivity index (χ1n) is 8.78. The number of cyclic esters (lactones) is 1. The van der Waals surface area contributed by atoms with Gasteiger partial charge in [0.2, 0.25) is 0 Å². The Bertz CT molecular complexity index is 850. The fourth-order valence-electron chi connectivity index (χ4n) is 3.83. The lowest BCUT2D eigenvalue weighted by molar-refractivity contribution is -0.520. The number of carbonyl (C=O) groups is 5. The Kier molecular flexibility index (Phi) is 4.12. The van der Waals surface area contributed by atoms with E-state index in [2.05, 4.69) is 4.99 Å². The highest BCUT2D eigenvalue weighted by molar-refractivity contribution is 6.21. The highest BCUT2D eigenvalue weighted by Gasteiger charge is 2.51. The molecule has 0 radical (unpaired) electrons. The van der Waals surface area contributed by atoms with Crippen molar-refractivity contribution in [1.29, 1.82) is 0 Å². The number of likely N-dealkylation sites (N-methyl/N-ethyl adjacent to an activating group) is 2. The molecule has 0 aromatic rings. The molecule has 2 unspecified atom stereocenters. The molecule has 12 nitrogen and oxygen atoms in total. The molecular weight excluding hydrogens is 372 g/mol. The molecule has 0 aliphatic carbocycles. The van der Waals surface area contributed by atoms with Crippen LogP contribution in [0.5, 0.6) is 0 Å². The molecule has 2 atom stereocenters. The summed E-state index contributed by atoms with van der Waals surface area (Å²) in [5.41, 5.74) is 0. The van der Waals surface area contributed by atoms with Crippen molar-refractivity contribution in [3.63, 3.8) is 0 Å². The average Bonchev–Trinajstić information content (AvgIpc) is 3.37. The Balaban J connectivity index is 1.41. The molecule has 4 aliphatic rings. The van der Waals surface area contributed by atoms with Gasteiger partial charge in [-0.3, -0.25) is 24.2 Å². The number of rotatable bonds is 3. The smallest absolute Gasteiger partial charge is 0.417 e. The van der Waals surface area contributed by atoms with E-state index in [1.54, 1.807) is 4.90 Å². The van der Waals surface area contributed by atoms with E-state index in [1.165, 1.54) is 29.9 Å². The van der Waals surface area contributed by atoms with Gasteiger partial charge in [-0.2, -0.15) is 0 Å². The second kappa shape index (κ2) is 6.39. The van der Waals surface area contributed by atoms with Crippen molar-refractivity contribution in [3.8, 4) is 0 Å². The fraction of sp³-hybridized carbons (Fsp3) is 0.562. The molecule has 0 aromatic heterocycles. The van der Waals surface area contributed by atoms with E-state index in [4.69, 9.17) is 4.74 Å². The molecule has 28 heavy (non-hydrogen) atoms. The van der Waals surface area contributed by atoms with E-state index < -0.39 is 36.0 Å². The normalized spacial score (nSPS) is 27.4. The van der Waals surface area contributed by atoms with E-state index in [9.17, 15) is 24.0 Å². The van der Waals surface area contributed by atoms with Crippen LogP contribution in [0.1, 0.15) is 6.42 Å². The summed E-state index contributed by atoms with van der Waals surface area (Å²) in [4.78, 5) is 69.7. The number of ether oxygens (including phenoxy) is 1. The molecular formula is C16H19N6O6+. The number of hydrogen-bond donors (Lipinski definition) is 0. The predicted octanol–water partition coefficient (Wildman–Crippen LogP) is -2.09. The second-order valence-corrected chi connectivity index (χ2v) is 7.02. The molecule has 12 heteroatoms. The average molecular weight is 391 g/mol. The minimum atomic E-state index is -0.829. The first kappa shape index (κ1) is 18.1. The maximum Gasteiger partial charge on any atom is 0.417 e. The van der Waals surface area contributed by atoms with Gasteiger partial charge in [0.05, 0.1) is 6.04 Å². The van der Waals surface area contributed by atoms with Gasteiger partial charge < -0.3 is 9.64 Å². The van der Waals surface area contributed by atoms with Crippen LogP contribution in [0.2, 0.25) is 0 Å². The predicted molar refractivity (Wildman–Crippen MR) is 91.5 cm³/mol. The summed E-state index contributed by atoms with van der Waals surface area (Å²) < 4.78 is 6.21. The molecule has 148 valence electrons. The summed E-state index contributed by atoms with van der Waals surface area (Å²) in [6.07, 6.45) is 1.17. The van der Waals surface area contributed by atoms with Crippen LogP contribution in [0, 0.1) is 0 Å². The fourth-order valence-corrected chi connectivity index (χ4v) is 3.83. The highest BCUT2D eigenvalue weighted by atomic mass is 16.6. The third-order valence-corrected chi connectivity index (χ3v) is 5.38. The first-order valence-corrected chi connectivity index (χ1v) is 8.78. The quantitative estimate of drug-likeness (QED) is 0.509. The summed E-state index contributed by atoms with van der Waals surface area (Å²) in [5, 5.41) is 0. The standard InChI is InChI=1S/C16H19N6O6/c1-18-13-12(14(25)19(2)15(18)26)21(8-17-13)6-10(23)20-4-3-9(5-20)22-11(24)7-28-16(22)27/h8-9,12H,3-7H2,1-2H3/q+1. The summed E-state index contributed by atoms with van der Waals surface area (Å²) in [7, 11) is 2.90. The number of urea groups is 1. The molecule has 4 heterocycles. The third kappa shape index (κ3) is 2.63. The third-order valence-electron chi connectivity index (χ3n) is 5.38. The van der Waals surface area contributed by atoms with Gasteiger partial charge in [-0.05, 0) is 11.4 Å². The molecule has 0 N–H and O–H groups in total. The Hall–Kier alpha value is -3.31. The Labute approximate surface area is 159 Å². The van der Waals surface area contributed by atoms with Crippen LogP contribution < -0.4 is 0 Å². The van der Waals surface area contributed by atoms with Crippen LogP contribution in [0.25, 0.3) is 0 Å². The number of fused-ring (bicyclic) bond motifs is 1. The van der Waals surface area contributed by atoms with Gasteiger partial charge in [0, 0.05) is 27.2 Å². The van der Waals surface area contributed by atoms with E-state index >= 15 is 0 Å². The van der Waals surface area contributed by atoms with Crippen molar-refractivity contribution < 1.29 is 33.3 Å². The van der Waals surface area contributed by atoms with Gasteiger partial charge in [0.15, 0.2) is 13.2 Å². The molecule has 0 spiro atoms. The van der Waals surface area contributed by atoms with Crippen molar-refractivity contribution in [2.24, 2.45) is 4.99 Å². The molecule has 3 fully saturated rings. The van der Waals surface area contributed by atoms with E-state index in [1.807, 2.05) is 0 Å². The van der Waals surface area contributed by atoms with Crippen LogP contribution >= 0.6 is 0 Å². The number of imide groups is 2. The van der Waals surface area contributed by atoms with Crippen LogP contribution in [0.4, 0.5) is 9.59 Å². The first-order chi connectivity index (χ1) is 13.3. The number of nitrogens with zero attached hydrogens (tertiary/aromatic N) is 6. The van der Waals surface area contributed by atoms with E-state index in [0.29, 0.717) is 13.0 Å². The highest BCUT2D eigenvalue weighted by Crippen LogP contribution is 2.21. The molecule has 0 saturated carbocycles. The molecule has 6 amide bonds. The van der Waals surface area contributed by atoms with Crippen molar-refractivity contribution in [2.45, 2.75) is 18.5 Å². The van der Waals surface area contributed by atoms with E-state index in [0.717, 1.165) is 9.80 Å². The summed E-state index contributed by atoms with van der Waals surface area (Å²) >= 11 is 0. The van der Waals surface area contributed by atoms with Gasteiger partial charge >= 0.3 is 12.1 Å². The van der Waals surface area contributed by atoms with Gasteiger partial charge in [-0.25, -0.2) is 19.1 Å². The number of amides is 6. The summed E-state index contributed by atoms with van der Waals surface area (Å²) in [6, 6.07) is -1.72. The van der Waals surface area contributed by atoms with Crippen LogP contribution in [0.15, 0.2) is 4.99 Å². The topological polar surface area (TPSA) is 123 Å². The summed E-state index contributed by atoms with van der Waals surface area (Å²) in [6.45, 7) is 0.233. The van der Waals surface area contributed by atoms with Crippen LogP contribution in [-0.4, -0.2) is 119 Å². The number of aliphatic imine (C=N–C) groups is 1. The Morgan fingerprint density at radius 3 is 2.68 bits per heavy atom. The SMILES string of the molecule is CN1C(=O)C2C(=NC=[N+]2CC(=O)N2CCC(N3C(=O)COC3=O)C2)N(C)C1=O. The van der Waals surface area contributed by atoms with Gasteiger partial charge in [-0.15, -0.1) is 0 Å². The lowest BCUT2D eigenvalue weighted by atomic mass is 10.1. The van der Waals surface area contributed by atoms with Crippen molar-refractivity contribution >= 4 is 42.0 Å². The maximum absolute atomic E-state index is 12.7. The lowest BCUT2D eigenvalue weighted by Gasteiger charge is -2.30. The number of likely N-dealkylation sites (tertiary alicyclic amines) is 1. The minimum absolute atomic E-state index is 0.107. The number of hydrogen-bond acceptors (Lipinski definition) is 7. The zero-order chi connectivity index (χ0) is 20.2. The minimum Gasteiger partial charge on any atom is -0.439 e. The van der Waals surface area contributed by atoms with Gasteiger partial charge in [0.1, 0.15) is 0 Å². The van der Waals surface area contributed by atoms with Crippen molar-refractivity contribution in [2.75, 3.05) is 40.3 Å². The molecule has 3 saturated heterocycles. The number of amidine groups is 1. The van der Waals surface area contributed by atoms with Crippen molar-refractivity contribution in [3.05, 3.63) is 0 Å². The largest absolute Gasteiger partial charge is 0.439 e. The number of carbonyl (C=O) groups excluding carboxylic acids is 5. The van der Waals surface area contributed by atoms with Crippen LogP contribution in [-0.2, 0) is 19.1 Å². The van der Waals surface area contributed by atoms with Gasteiger partial charge in [-0.1, -0.05) is 0 Å². The lowest BCUT2D eigenvalue weighted by Crippen LogP contribution is -2.62. The zero-order valence-corrected chi connectivity index (χ0v) is 15.4.